The summed E-state index contributed by atoms with van der Waals surface area (Å²) in [5.74, 6) is 2.49. The summed E-state index contributed by atoms with van der Waals surface area (Å²) in [6.45, 7) is 4.30. The van der Waals surface area contributed by atoms with Gasteiger partial charge in [-0.2, -0.15) is 0 Å². The SMILES string of the molecule is COC(=O)[C@@H](C)[C@H](c1ccc2c(c1)OC(CC1CCNCC1)CC2)C1CC1. The van der Waals surface area contributed by atoms with Crippen molar-refractivity contribution in [3.63, 3.8) is 0 Å². The topological polar surface area (TPSA) is 47.6 Å². The van der Waals surface area contributed by atoms with Gasteiger partial charge in [0.25, 0.3) is 0 Å². The Hall–Kier alpha value is -1.55. The molecule has 3 atom stereocenters. The third kappa shape index (κ3) is 4.31. The lowest BCUT2D eigenvalue weighted by molar-refractivity contribution is -0.145. The summed E-state index contributed by atoms with van der Waals surface area (Å²) in [5.41, 5.74) is 2.57. The van der Waals surface area contributed by atoms with Gasteiger partial charge in [0.1, 0.15) is 5.75 Å². The van der Waals surface area contributed by atoms with Crippen LogP contribution in [-0.4, -0.2) is 32.3 Å². The van der Waals surface area contributed by atoms with Gasteiger partial charge in [-0.15, -0.1) is 0 Å². The van der Waals surface area contributed by atoms with Crippen LogP contribution in [0.4, 0.5) is 0 Å². The second-order valence-electron chi connectivity index (χ2n) is 8.75. The van der Waals surface area contributed by atoms with Crippen LogP contribution in [0.3, 0.4) is 0 Å². The third-order valence-electron chi connectivity index (χ3n) is 6.80. The summed E-state index contributed by atoms with van der Waals surface area (Å²) < 4.78 is 11.5. The highest BCUT2D eigenvalue weighted by Gasteiger charge is 2.39. The van der Waals surface area contributed by atoms with Crippen molar-refractivity contribution < 1.29 is 14.3 Å². The van der Waals surface area contributed by atoms with E-state index < -0.39 is 0 Å². The summed E-state index contributed by atoms with van der Waals surface area (Å²) in [7, 11) is 1.49. The van der Waals surface area contributed by atoms with Gasteiger partial charge in [-0.05, 0) is 93.0 Å². The molecule has 4 nitrogen and oxygen atoms in total. The Kier molecular flexibility index (Phi) is 5.72. The maximum absolute atomic E-state index is 12.2. The van der Waals surface area contributed by atoms with Gasteiger partial charge in [0, 0.05) is 0 Å². The van der Waals surface area contributed by atoms with E-state index >= 15 is 0 Å². The lowest BCUT2D eigenvalue weighted by Gasteiger charge is -2.32. The molecule has 4 heteroatoms. The summed E-state index contributed by atoms with van der Waals surface area (Å²) in [6.07, 6.45) is 8.71. The van der Waals surface area contributed by atoms with Gasteiger partial charge in [-0.3, -0.25) is 4.79 Å². The molecule has 2 aliphatic heterocycles. The van der Waals surface area contributed by atoms with E-state index in [1.165, 1.54) is 50.3 Å². The minimum Gasteiger partial charge on any atom is -0.490 e. The van der Waals surface area contributed by atoms with Crippen LogP contribution >= 0.6 is 0 Å². The molecule has 0 amide bonds. The van der Waals surface area contributed by atoms with E-state index in [1.54, 1.807) is 0 Å². The fourth-order valence-corrected chi connectivity index (χ4v) is 5.06. The van der Waals surface area contributed by atoms with E-state index in [0.29, 0.717) is 12.0 Å². The van der Waals surface area contributed by atoms with E-state index in [-0.39, 0.29) is 17.8 Å². The van der Waals surface area contributed by atoms with Gasteiger partial charge in [-0.1, -0.05) is 19.1 Å². The number of carbonyl (C=O) groups is 1. The zero-order valence-corrected chi connectivity index (χ0v) is 16.7. The summed E-state index contributed by atoms with van der Waals surface area (Å²) in [5, 5.41) is 3.45. The largest absolute Gasteiger partial charge is 0.490 e. The van der Waals surface area contributed by atoms with Crippen LogP contribution in [0.1, 0.15) is 62.5 Å². The first kappa shape index (κ1) is 18.8. The number of methoxy groups -OCH3 is 1. The van der Waals surface area contributed by atoms with Crippen LogP contribution in [-0.2, 0) is 16.0 Å². The number of rotatable bonds is 6. The Bertz CT molecular complexity index is 664. The number of nitrogens with one attached hydrogen (secondary N) is 1. The van der Waals surface area contributed by atoms with Crippen molar-refractivity contribution in [1.29, 1.82) is 0 Å². The fraction of sp³-hybridized carbons (Fsp3) is 0.696. The number of ether oxygens (including phenoxy) is 2. The highest BCUT2D eigenvalue weighted by Crippen LogP contribution is 2.48. The van der Waals surface area contributed by atoms with Crippen LogP contribution in [0.15, 0.2) is 18.2 Å². The molecule has 0 bridgehead atoms. The monoisotopic (exact) mass is 371 g/mol. The van der Waals surface area contributed by atoms with Crippen LogP contribution in [0.2, 0.25) is 0 Å². The fourth-order valence-electron chi connectivity index (χ4n) is 5.06. The molecule has 0 radical (unpaired) electrons. The molecule has 1 aromatic rings. The molecule has 4 rings (SSSR count). The summed E-state index contributed by atoms with van der Waals surface area (Å²) >= 11 is 0. The van der Waals surface area contributed by atoms with Crippen molar-refractivity contribution in [2.75, 3.05) is 20.2 Å². The van der Waals surface area contributed by atoms with E-state index in [4.69, 9.17) is 9.47 Å². The third-order valence-corrected chi connectivity index (χ3v) is 6.80. The van der Waals surface area contributed by atoms with Gasteiger partial charge < -0.3 is 14.8 Å². The molecular formula is C23H33NO3. The lowest BCUT2D eigenvalue weighted by atomic mass is 9.82. The average Bonchev–Trinajstić information content (AvgIpc) is 3.53. The van der Waals surface area contributed by atoms with Gasteiger partial charge >= 0.3 is 5.97 Å². The van der Waals surface area contributed by atoms with Crippen LogP contribution in [0.25, 0.3) is 0 Å². The Morgan fingerprint density at radius 1 is 1.22 bits per heavy atom. The quantitative estimate of drug-likeness (QED) is 0.766. The Morgan fingerprint density at radius 2 is 2.00 bits per heavy atom. The van der Waals surface area contributed by atoms with Gasteiger partial charge in [0.15, 0.2) is 0 Å². The number of esters is 1. The molecule has 2 fully saturated rings. The Labute approximate surface area is 163 Å². The normalized spacial score (nSPS) is 25.2. The molecular weight excluding hydrogens is 338 g/mol. The molecule has 1 saturated heterocycles. The van der Waals surface area contributed by atoms with E-state index in [2.05, 4.69) is 23.5 Å². The van der Waals surface area contributed by atoms with E-state index in [1.807, 2.05) is 6.92 Å². The average molecular weight is 372 g/mol. The van der Waals surface area contributed by atoms with Gasteiger partial charge in [0.05, 0.1) is 19.1 Å². The Morgan fingerprint density at radius 3 is 2.70 bits per heavy atom. The molecule has 148 valence electrons. The summed E-state index contributed by atoms with van der Waals surface area (Å²) in [6, 6.07) is 6.68. The molecule has 2 heterocycles. The lowest BCUT2D eigenvalue weighted by Crippen LogP contribution is -2.32. The molecule has 1 unspecified atom stereocenters. The molecule has 1 aliphatic carbocycles. The number of benzene rings is 1. The maximum atomic E-state index is 12.2. The number of hydrogen-bond donors (Lipinski definition) is 1. The maximum Gasteiger partial charge on any atom is 0.309 e. The van der Waals surface area contributed by atoms with Crippen molar-refractivity contribution >= 4 is 5.97 Å². The first-order valence-corrected chi connectivity index (χ1v) is 10.7. The molecule has 0 spiro atoms. The molecule has 1 aromatic carbocycles. The van der Waals surface area contributed by atoms with Gasteiger partial charge in [-0.25, -0.2) is 0 Å². The summed E-state index contributed by atoms with van der Waals surface area (Å²) in [4.78, 5) is 12.2. The first-order chi connectivity index (χ1) is 13.2. The van der Waals surface area contributed by atoms with E-state index in [9.17, 15) is 4.79 Å². The zero-order valence-electron chi connectivity index (χ0n) is 16.7. The van der Waals surface area contributed by atoms with Crippen molar-refractivity contribution in [2.45, 2.75) is 63.9 Å². The van der Waals surface area contributed by atoms with Crippen molar-refractivity contribution in [3.05, 3.63) is 29.3 Å². The minimum absolute atomic E-state index is 0.102. The van der Waals surface area contributed by atoms with Crippen LogP contribution < -0.4 is 10.1 Å². The van der Waals surface area contributed by atoms with Crippen molar-refractivity contribution in [2.24, 2.45) is 17.8 Å². The van der Waals surface area contributed by atoms with Crippen LogP contribution in [0, 0.1) is 17.8 Å². The number of carbonyl (C=O) groups excluding carboxylic acids is 1. The molecule has 3 aliphatic rings. The zero-order chi connectivity index (χ0) is 18.8. The first-order valence-electron chi connectivity index (χ1n) is 10.7. The second kappa shape index (κ2) is 8.22. The molecule has 0 aromatic heterocycles. The molecule has 1 N–H and O–H groups in total. The Balaban J connectivity index is 1.48. The predicted molar refractivity (Wildman–Crippen MR) is 106 cm³/mol. The highest BCUT2D eigenvalue weighted by molar-refractivity contribution is 5.73. The van der Waals surface area contributed by atoms with E-state index in [0.717, 1.165) is 37.6 Å². The smallest absolute Gasteiger partial charge is 0.309 e. The number of aryl methyl sites for hydroxylation is 1. The van der Waals surface area contributed by atoms with Gasteiger partial charge in [0.2, 0.25) is 0 Å². The number of hydrogen-bond acceptors (Lipinski definition) is 4. The molecule has 1 saturated carbocycles. The number of piperidine rings is 1. The second-order valence-corrected chi connectivity index (χ2v) is 8.75. The standard InChI is InChI=1S/C23H33NO3/c1-15(23(25)26-2)22(18-4-5-18)19-6-3-17-7-8-20(27-21(17)14-19)13-16-9-11-24-12-10-16/h3,6,14-16,18,20,22,24H,4-5,7-13H2,1-2H3/t15-,20?,22-/m0/s1. The highest BCUT2D eigenvalue weighted by atomic mass is 16.5. The predicted octanol–water partition coefficient (Wildman–Crippen LogP) is 4.07. The van der Waals surface area contributed by atoms with Crippen molar-refractivity contribution in [3.8, 4) is 5.75 Å². The molecule has 27 heavy (non-hydrogen) atoms. The van der Waals surface area contributed by atoms with Crippen LogP contribution in [0.5, 0.6) is 5.75 Å². The minimum atomic E-state index is -0.102. The number of fused-ring (bicyclic) bond motifs is 1. The van der Waals surface area contributed by atoms with Crippen molar-refractivity contribution in [1.82, 2.24) is 5.32 Å².